The molecule has 1 fully saturated rings. The van der Waals surface area contributed by atoms with Gasteiger partial charge in [-0.25, -0.2) is 4.79 Å². The van der Waals surface area contributed by atoms with E-state index in [0.717, 1.165) is 12.8 Å². The molecule has 25 heavy (non-hydrogen) atoms. The van der Waals surface area contributed by atoms with Crippen LogP contribution in [0.1, 0.15) is 43.9 Å². The second-order valence-electron chi connectivity index (χ2n) is 5.82. The molecule has 0 spiro atoms. The molecule has 0 bridgehead atoms. The van der Waals surface area contributed by atoms with E-state index in [4.69, 9.17) is 0 Å². The molecule has 0 heterocycles. The first-order valence-electron chi connectivity index (χ1n) is 7.98. The lowest BCUT2D eigenvalue weighted by Crippen LogP contribution is -2.27. The van der Waals surface area contributed by atoms with E-state index < -0.39 is 5.97 Å². The number of nitrogens with one attached hydrogen (secondary N) is 2. The van der Waals surface area contributed by atoms with Crippen LogP contribution in [0.25, 0.3) is 0 Å². The van der Waals surface area contributed by atoms with Gasteiger partial charge in [-0.2, -0.15) is 0 Å². The highest BCUT2D eigenvalue weighted by Gasteiger charge is 2.25. The summed E-state index contributed by atoms with van der Waals surface area (Å²) in [4.78, 5) is 36.1. The van der Waals surface area contributed by atoms with Crippen LogP contribution >= 0.6 is 0 Å². The Balaban J connectivity index is 1.74. The Morgan fingerprint density at radius 2 is 1.56 bits per heavy atom. The zero-order valence-electron chi connectivity index (χ0n) is 13.7. The van der Waals surface area contributed by atoms with Crippen molar-refractivity contribution in [2.45, 2.75) is 18.9 Å². The number of hydrogen-bond acceptors (Lipinski definition) is 4. The number of carbonyl (C=O) groups is 3. The van der Waals surface area contributed by atoms with E-state index in [1.807, 2.05) is 0 Å². The minimum Gasteiger partial charge on any atom is -0.465 e. The van der Waals surface area contributed by atoms with Crippen molar-refractivity contribution in [3.8, 4) is 0 Å². The minimum atomic E-state index is -0.464. The summed E-state index contributed by atoms with van der Waals surface area (Å²) in [5, 5.41) is 5.66. The monoisotopic (exact) mass is 338 g/mol. The fraction of sp³-hybridized carbons (Fsp3) is 0.211. The van der Waals surface area contributed by atoms with E-state index in [1.54, 1.807) is 24.3 Å². The molecular formula is C19H18N2O4. The first-order valence-corrected chi connectivity index (χ1v) is 7.98. The Morgan fingerprint density at radius 3 is 2.20 bits per heavy atom. The molecule has 1 aliphatic rings. The third-order valence-electron chi connectivity index (χ3n) is 3.90. The molecule has 2 N–H and O–H groups in total. The Morgan fingerprint density at radius 1 is 0.920 bits per heavy atom. The number of para-hydroxylation sites is 1. The van der Waals surface area contributed by atoms with Gasteiger partial charge in [0.1, 0.15) is 0 Å². The molecule has 0 aliphatic heterocycles. The van der Waals surface area contributed by atoms with Gasteiger partial charge in [-0.3, -0.25) is 9.59 Å². The summed E-state index contributed by atoms with van der Waals surface area (Å²) >= 11 is 0. The number of ether oxygens (including phenoxy) is 1. The third-order valence-corrected chi connectivity index (χ3v) is 3.90. The van der Waals surface area contributed by atoms with Crippen LogP contribution in [0.3, 0.4) is 0 Å². The van der Waals surface area contributed by atoms with Gasteiger partial charge >= 0.3 is 5.97 Å². The standard InChI is InChI=1S/C19H18N2O4/c1-25-19(24)13-8-6-12(7-9-13)17(22)21-16-5-3-2-4-15(16)18(23)20-14-10-11-14/h2-9,14H,10-11H2,1H3,(H,20,23)(H,21,22). The van der Waals surface area contributed by atoms with E-state index >= 15 is 0 Å². The molecule has 2 amide bonds. The predicted octanol–water partition coefficient (Wildman–Crippen LogP) is 2.62. The van der Waals surface area contributed by atoms with Gasteiger partial charge in [0, 0.05) is 11.6 Å². The van der Waals surface area contributed by atoms with Gasteiger partial charge in [0.05, 0.1) is 23.9 Å². The van der Waals surface area contributed by atoms with Gasteiger partial charge in [-0.1, -0.05) is 12.1 Å². The normalized spacial score (nSPS) is 13.0. The number of hydrogen-bond donors (Lipinski definition) is 2. The Bertz CT molecular complexity index is 810. The maximum Gasteiger partial charge on any atom is 0.337 e. The summed E-state index contributed by atoms with van der Waals surface area (Å²) in [5.41, 5.74) is 1.62. The highest BCUT2D eigenvalue weighted by atomic mass is 16.5. The number of carbonyl (C=O) groups excluding carboxylic acids is 3. The summed E-state index contributed by atoms with van der Waals surface area (Å²) in [7, 11) is 1.30. The average molecular weight is 338 g/mol. The first kappa shape index (κ1) is 16.7. The van der Waals surface area contributed by atoms with Crippen molar-refractivity contribution < 1.29 is 19.1 Å². The van der Waals surface area contributed by atoms with Crippen molar-refractivity contribution in [1.29, 1.82) is 0 Å². The predicted molar refractivity (Wildman–Crippen MR) is 92.7 cm³/mol. The fourth-order valence-electron chi connectivity index (χ4n) is 2.35. The van der Waals surface area contributed by atoms with Crippen molar-refractivity contribution in [3.63, 3.8) is 0 Å². The van der Waals surface area contributed by atoms with Crippen LogP contribution in [0.4, 0.5) is 5.69 Å². The molecule has 0 aromatic heterocycles. The van der Waals surface area contributed by atoms with Crippen LogP contribution < -0.4 is 10.6 Å². The van der Waals surface area contributed by atoms with Crippen LogP contribution in [-0.2, 0) is 4.74 Å². The van der Waals surface area contributed by atoms with Gasteiger partial charge < -0.3 is 15.4 Å². The van der Waals surface area contributed by atoms with Crippen molar-refractivity contribution in [2.24, 2.45) is 0 Å². The zero-order valence-corrected chi connectivity index (χ0v) is 13.7. The lowest BCUT2D eigenvalue weighted by Gasteiger charge is -2.11. The summed E-state index contributed by atoms with van der Waals surface area (Å²) in [6.45, 7) is 0. The first-order chi connectivity index (χ1) is 12.1. The van der Waals surface area contributed by atoms with Crippen LogP contribution in [0.2, 0.25) is 0 Å². The van der Waals surface area contributed by atoms with Crippen LogP contribution in [0.15, 0.2) is 48.5 Å². The molecule has 0 unspecified atom stereocenters. The Kier molecular flexibility index (Phi) is 4.79. The second kappa shape index (κ2) is 7.17. The van der Waals surface area contributed by atoms with Gasteiger partial charge in [0.15, 0.2) is 0 Å². The van der Waals surface area contributed by atoms with Crippen molar-refractivity contribution in [1.82, 2.24) is 5.32 Å². The van der Waals surface area contributed by atoms with Crippen LogP contribution in [0.5, 0.6) is 0 Å². The van der Waals surface area contributed by atoms with E-state index in [9.17, 15) is 14.4 Å². The molecule has 6 heteroatoms. The molecule has 0 radical (unpaired) electrons. The third kappa shape index (κ3) is 4.03. The number of esters is 1. The number of amides is 2. The quantitative estimate of drug-likeness (QED) is 0.821. The highest BCUT2D eigenvalue weighted by Crippen LogP contribution is 2.22. The zero-order chi connectivity index (χ0) is 17.8. The summed E-state index contributed by atoms with van der Waals surface area (Å²) in [5.74, 6) is -1.02. The lowest BCUT2D eigenvalue weighted by molar-refractivity contribution is 0.0600. The SMILES string of the molecule is COC(=O)c1ccc(C(=O)Nc2ccccc2C(=O)NC2CC2)cc1. The molecule has 128 valence electrons. The van der Waals surface area contributed by atoms with Gasteiger partial charge in [0.2, 0.25) is 0 Å². The van der Waals surface area contributed by atoms with Crippen molar-refractivity contribution >= 4 is 23.5 Å². The summed E-state index contributed by atoms with van der Waals surface area (Å²) in [6, 6.07) is 13.2. The summed E-state index contributed by atoms with van der Waals surface area (Å²) in [6.07, 6.45) is 1.99. The molecule has 0 saturated heterocycles. The molecule has 1 aliphatic carbocycles. The van der Waals surface area contributed by atoms with E-state index in [0.29, 0.717) is 22.4 Å². The maximum atomic E-state index is 12.4. The average Bonchev–Trinajstić information content (AvgIpc) is 3.45. The molecule has 0 atom stereocenters. The number of methoxy groups -OCH3 is 1. The van der Waals surface area contributed by atoms with Gasteiger partial charge in [-0.05, 0) is 49.2 Å². The fourth-order valence-corrected chi connectivity index (χ4v) is 2.35. The Labute approximate surface area is 145 Å². The molecule has 2 aromatic rings. The van der Waals surface area contributed by atoms with Crippen molar-refractivity contribution in [3.05, 3.63) is 65.2 Å². The molecule has 3 rings (SSSR count). The number of anilines is 1. The minimum absolute atomic E-state index is 0.195. The molecular weight excluding hydrogens is 320 g/mol. The van der Waals surface area contributed by atoms with Gasteiger partial charge in [0.25, 0.3) is 11.8 Å². The van der Waals surface area contributed by atoms with E-state index in [1.165, 1.54) is 31.4 Å². The largest absolute Gasteiger partial charge is 0.465 e. The smallest absolute Gasteiger partial charge is 0.337 e. The van der Waals surface area contributed by atoms with Crippen LogP contribution in [-0.4, -0.2) is 30.9 Å². The van der Waals surface area contributed by atoms with Gasteiger partial charge in [-0.15, -0.1) is 0 Å². The Hall–Kier alpha value is -3.15. The van der Waals surface area contributed by atoms with E-state index in [-0.39, 0.29) is 17.9 Å². The maximum absolute atomic E-state index is 12.4. The highest BCUT2D eigenvalue weighted by molar-refractivity contribution is 6.09. The second-order valence-corrected chi connectivity index (χ2v) is 5.82. The topological polar surface area (TPSA) is 84.5 Å². The number of benzene rings is 2. The van der Waals surface area contributed by atoms with Crippen LogP contribution in [0, 0.1) is 0 Å². The van der Waals surface area contributed by atoms with Crippen molar-refractivity contribution in [2.75, 3.05) is 12.4 Å². The lowest BCUT2D eigenvalue weighted by atomic mass is 10.1. The molecule has 1 saturated carbocycles. The summed E-state index contributed by atoms with van der Waals surface area (Å²) < 4.78 is 4.63. The molecule has 2 aromatic carbocycles. The molecule has 6 nitrogen and oxygen atoms in total. The van der Waals surface area contributed by atoms with E-state index in [2.05, 4.69) is 15.4 Å². The number of rotatable bonds is 5.